The third-order valence-corrected chi connectivity index (χ3v) is 4.68. The van der Waals surface area contributed by atoms with Crippen molar-refractivity contribution in [1.82, 2.24) is 5.32 Å². The zero-order chi connectivity index (χ0) is 22.1. The normalized spacial score (nSPS) is 11.8. The minimum Gasteiger partial charge on any atom is -0.487 e. The number of nitriles is 1. The molecule has 30 heavy (non-hydrogen) atoms. The molecule has 0 aliphatic carbocycles. The minimum atomic E-state index is -1.46. The first-order chi connectivity index (χ1) is 14.4. The summed E-state index contributed by atoms with van der Waals surface area (Å²) in [6.07, 6.45) is -0.335. The second-order valence-electron chi connectivity index (χ2n) is 6.69. The van der Waals surface area contributed by atoms with Crippen LogP contribution in [0.1, 0.15) is 56.4 Å². The summed E-state index contributed by atoms with van der Waals surface area (Å²) in [6, 6.07) is 11.0. The van der Waals surface area contributed by atoms with Gasteiger partial charge in [-0.1, -0.05) is 26.0 Å². The fourth-order valence-electron chi connectivity index (χ4n) is 2.95. The van der Waals surface area contributed by atoms with Crippen LogP contribution in [0.5, 0.6) is 5.75 Å². The molecule has 0 spiro atoms. The predicted octanol–water partition coefficient (Wildman–Crippen LogP) is 4.80. The lowest BCUT2D eigenvalue weighted by Gasteiger charge is -2.21. The molecular formula is C23H26F2N2O3. The maximum Gasteiger partial charge on any atom is 0.254 e. The maximum atomic E-state index is 15.1. The van der Waals surface area contributed by atoms with Gasteiger partial charge in [0.2, 0.25) is 0 Å². The topological polar surface area (TPSA) is 71.3 Å². The van der Waals surface area contributed by atoms with Crippen molar-refractivity contribution in [3.63, 3.8) is 0 Å². The summed E-state index contributed by atoms with van der Waals surface area (Å²) in [7, 11) is 0. The summed E-state index contributed by atoms with van der Waals surface area (Å²) < 4.78 is 40.7. The van der Waals surface area contributed by atoms with Gasteiger partial charge in [-0.3, -0.25) is 4.79 Å². The molecule has 7 heteroatoms. The molecule has 0 heterocycles. The van der Waals surface area contributed by atoms with Crippen molar-refractivity contribution < 1.29 is 23.0 Å². The maximum absolute atomic E-state index is 15.1. The fourth-order valence-corrected chi connectivity index (χ4v) is 2.95. The van der Waals surface area contributed by atoms with Gasteiger partial charge in [0, 0.05) is 13.2 Å². The lowest BCUT2D eigenvalue weighted by atomic mass is 10.1. The Morgan fingerprint density at radius 2 is 1.77 bits per heavy atom. The summed E-state index contributed by atoms with van der Waals surface area (Å²) in [5.41, 5.74) is 0.762. The minimum absolute atomic E-state index is 0.0888. The quantitative estimate of drug-likeness (QED) is 0.604. The predicted molar refractivity (Wildman–Crippen MR) is 109 cm³/mol. The zero-order valence-electron chi connectivity index (χ0n) is 17.4. The molecule has 0 radical (unpaired) electrons. The van der Waals surface area contributed by atoms with Gasteiger partial charge in [-0.2, -0.15) is 5.26 Å². The molecule has 2 aromatic carbocycles. The standard InChI is InChI=1S/C23H26F2N2O3/c1-4-17(5-2)30-19-12-11-18(24)20(21(19)25)22(29-6-3)23(28)27-14-16-9-7-15(13-26)8-10-16/h7-12,17,22H,4-6,14H2,1-3H3,(H,27,28)/t22-/m0/s1. The van der Waals surface area contributed by atoms with Gasteiger partial charge in [0.05, 0.1) is 23.3 Å². The van der Waals surface area contributed by atoms with E-state index >= 15 is 4.39 Å². The van der Waals surface area contributed by atoms with E-state index < -0.39 is 29.2 Å². The Labute approximate surface area is 175 Å². The second kappa shape index (κ2) is 11.3. The first-order valence-corrected chi connectivity index (χ1v) is 9.97. The number of hydrogen-bond acceptors (Lipinski definition) is 4. The van der Waals surface area contributed by atoms with Crippen LogP contribution in [-0.2, 0) is 16.1 Å². The average molecular weight is 416 g/mol. The van der Waals surface area contributed by atoms with Crippen molar-refractivity contribution in [1.29, 1.82) is 5.26 Å². The van der Waals surface area contributed by atoms with E-state index in [0.29, 0.717) is 18.4 Å². The highest BCUT2D eigenvalue weighted by Gasteiger charge is 2.30. The monoisotopic (exact) mass is 416 g/mol. The van der Waals surface area contributed by atoms with E-state index in [0.717, 1.165) is 11.6 Å². The Balaban J connectivity index is 2.24. The molecule has 0 aromatic heterocycles. The van der Waals surface area contributed by atoms with Crippen molar-refractivity contribution in [3.8, 4) is 11.8 Å². The highest BCUT2D eigenvalue weighted by atomic mass is 19.1. The number of benzene rings is 2. The molecule has 1 atom stereocenters. The van der Waals surface area contributed by atoms with Crippen LogP contribution in [-0.4, -0.2) is 18.6 Å². The molecule has 0 fully saturated rings. The largest absolute Gasteiger partial charge is 0.487 e. The Kier molecular flexibility index (Phi) is 8.75. The Morgan fingerprint density at radius 1 is 1.10 bits per heavy atom. The van der Waals surface area contributed by atoms with E-state index in [2.05, 4.69) is 5.32 Å². The number of amides is 1. The van der Waals surface area contributed by atoms with Crippen LogP contribution in [0.2, 0.25) is 0 Å². The average Bonchev–Trinajstić information content (AvgIpc) is 2.76. The van der Waals surface area contributed by atoms with E-state index in [1.807, 2.05) is 19.9 Å². The van der Waals surface area contributed by atoms with Gasteiger partial charge in [-0.25, -0.2) is 8.78 Å². The Bertz CT molecular complexity index is 891. The number of halogens is 2. The molecule has 1 N–H and O–H groups in total. The fraction of sp³-hybridized carbons (Fsp3) is 0.391. The summed E-state index contributed by atoms with van der Waals surface area (Å²) in [5.74, 6) is -2.59. The lowest BCUT2D eigenvalue weighted by molar-refractivity contribution is -0.133. The number of carbonyl (C=O) groups excluding carboxylic acids is 1. The molecule has 0 saturated heterocycles. The number of hydrogen-bond donors (Lipinski definition) is 1. The first kappa shape index (κ1) is 23.3. The van der Waals surface area contributed by atoms with Crippen LogP contribution in [0.25, 0.3) is 0 Å². The van der Waals surface area contributed by atoms with Gasteiger partial charge >= 0.3 is 0 Å². The molecule has 0 aliphatic rings. The van der Waals surface area contributed by atoms with Gasteiger partial charge in [0.25, 0.3) is 5.91 Å². The van der Waals surface area contributed by atoms with Crippen LogP contribution in [0, 0.1) is 23.0 Å². The number of ether oxygens (including phenoxy) is 2. The molecule has 0 saturated carbocycles. The number of carbonyl (C=O) groups is 1. The number of rotatable bonds is 10. The van der Waals surface area contributed by atoms with Crippen LogP contribution >= 0.6 is 0 Å². The molecule has 0 bridgehead atoms. The third-order valence-electron chi connectivity index (χ3n) is 4.68. The van der Waals surface area contributed by atoms with Crippen molar-refractivity contribution in [3.05, 3.63) is 64.7 Å². The molecule has 0 unspecified atom stereocenters. The molecule has 2 rings (SSSR count). The Morgan fingerprint density at radius 3 is 2.33 bits per heavy atom. The van der Waals surface area contributed by atoms with Gasteiger partial charge < -0.3 is 14.8 Å². The zero-order valence-corrected chi connectivity index (χ0v) is 17.4. The van der Waals surface area contributed by atoms with E-state index in [9.17, 15) is 9.18 Å². The second-order valence-corrected chi connectivity index (χ2v) is 6.69. The van der Waals surface area contributed by atoms with Crippen LogP contribution in [0.3, 0.4) is 0 Å². The smallest absolute Gasteiger partial charge is 0.254 e. The lowest BCUT2D eigenvalue weighted by Crippen LogP contribution is -2.32. The molecule has 1 amide bonds. The third kappa shape index (κ3) is 5.77. The number of nitrogens with zero attached hydrogens (tertiary/aromatic N) is 1. The van der Waals surface area contributed by atoms with E-state index in [-0.39, 0.29) is 25.0 Å². The number of nitrogens with one attached hydrogen (secondary N) is 1. The van der Waals surface area contributed by atoms with Crippen molar-refractivity contribution in [2.45, 2.75) is 52.4 Å². The molecule has 2 aromatic rings. The van der Waals surface area contributed by atoms with Gasteiger partial charge in [0.15, 0.2) is 17.7 Å². The van der Waals surface area contributed by atoms with Crippen LogP contribution < -0.4 is 10.1 Å². The molecular weight excluding hydrogens is 390 g/mol. The summed E-state index contributed by atoms with van der Waals surface area (Å²) in [4.78, 5) is 12.7. The molecule has 5 nitrogen and oxygen atoms in total. The van der Waals surface area contributed by atoms with Crippen molar-refractivity contribution in [2.75, 3.05) is 6.61 Å². The molecule has 160 valence electrons. The van der Waals surface area contributed by atoms with Gasteiger partial charge in [-0.15, -0.1) is 0 Å². The van der Waals surface area contributed by atoms with Crippen LogP contribution in [0.15, 0.2) is 36.4 Å². The summed E-state index contributed by atoms with van der Waals surface area (Å²) in [6.45, 7) is 5.68. The van der Waals surface area contributed by atoms with Crippen molar-refractivity contribution >= 4 is 5.91 Å². The van der Waals surface area contributed by atoms with E-state index in [4.69, 9.17) is 14.7 Å². The summed E-state index contributed by atoms with van der Waals surface area (Å²) >= 11 is 0. The van der Waals surface area contributed by atoms with Gasteiger partial charge in [-0.05, 0) is 49.6 Å². The Hall–Kier alpha value is -2.98. The van der Waals surface area contributed by atoms with E-state index in [1.54, 1.807) is 31.2 Å². The van der Waals surface area contributed by atoms with Gasteiger partial charge in [0.1, 0.15) is 5.82 Å². The summed E-state index contributed by atoms with van der Waals surface area (Å²) in [5, 5.41) is 11.5. The van der Waals surface area contributed by atoms with Crippen molar-refractivity contribution in [2.24, 2.45) is 0 Å². The van der Waals surface area contributed by atoms with Crippen LogP contribution in [0.4, 0.5) is 8.78 Å². The highest BCUT2D eigenvalue weighted by Crippen LogP contribution is 2.31. The molecule has 0 aliphatic heterocycles. The first-order valence-electron chi connectivity index (χ1n) is 9.97. The van der Waals surface area contributed by atoms with E-state index in [1.165, 1.54) is 6.07 Å². The SMILES string of the molecule is CCO[C@H](C(=O)NCc1ccc(C#N)cc1)c1c(F)ccc(OC(CC)CC)c1F. The highest BCUT2D eigenvalue weighted by molar-refractivity contribution is 5.82.